The molecule has 3 N–H and O–H groups in total. The van der Waals surface area contributed by atoms with E-state index in [0.29, 0.717) is 12.3 Å². The number of nitrogens with two attached hydrogens (primary N) is 1. The molecule has 7 heteroatoms. The van der Waals surface area contributed by atoms with Crippen LogP contribution in [0.1, 0.15) is 25.0 Å². The van der Waals surface area contributed by atoms with Gasteiger partial charge in [0.25, 0.3) is 10.0 Å². The van der Waals surface area contributed by atoms with Gasteiger partial charge in [-0.2, -0.15) is 0 Å². The van der Waals surface area contributed by atoms with Crippen molar-refractivity contribution in [2.75, 3.05) is 26.2 Å². The maximum atomic E-state index is 11.9. The fraction of sp³-hybridized carbons (Fsp3) is 0.667. The van der Waals surface area contributed by atoms with Crippen molar-refractivity contribution >= 4 is 10.0 Å². The van der Waals surface area contributed by atoms with Gasteiger partial charge in [-0.1, -0.05) is 0 Å². The van der Waals surface area contributed by atoms with Gasteiger partial charge in [-0.3, -0.25) is 0 Å². The molecule has 1 aromatic rings. The smallest absolute Gasteiger partial charge is 0.273 e. The predicted octanol–water partition coefficient (Wildman–Crippen LogP) is 0.502. The first kappa shape index (κ1) is 14.5. The van der Waals surface area contributed by atoms with Gasteiger partial charge >= 0.3 is 0 Å². The first-order valence-corrected chi connectivity index (χ1v) is 8.11. The zero-order valence-corrected chi connectivity index (χ0v) is 11.8. The molecule has 108 valence electrons. The topological polar surface area (TPSA) is 88.6 Å². The molecule has 0 unspecified atom stereocenters. The Balaban J connectivity index is 1.77. The average molecular weight is 287 g/mol. The standard InChI is InChI=1S/C12H21N3O3S/c13-10-11-4-5-12(18-11)19(16,17)14-6-3-9-15-7-1-2-8-15/h4-5,14H,1-3,6-10,13H2. The second-order valence-corrected chi connectivity index (χ2v) is 6.42. The summed E-state index contributed by atoms with van der Waals surface area (Å²) in [4.78, 5) is 2.35. The van der Waals surface area contributed by atoms with E-state index in [1.54, 1.807) is 6.07 Å². The van der Waals surface area contributed by atoms with Crippen LogP contribution in [0.4, 0.5) is 0 Å². The molecule has 0 radical (unpaired) electrons. The van der Waals surface area contributed by atoms with Crippen LogP contribution in [-0.4, -0.2) is 39.5 Å². The Kier molecular flexibility index (Phi) is 4.98. The minimum atomic E-state index is -3.54. The summed E-state index contributed by atoms with van der Waals surface area (Å²) < 4.78 is 31.5. The highest BCUT2D eigenvalue weighted by atomic mass is 32.2. The van der Waals surface area contributed by atoms with Crippen molar-refractivity contribution in [2.24, 2.45) is 5.73 Å². The Morgan fingerprint density at radius 1 is 1.32 bits per heavy atom. The molecular weight excluding hydrogens is 266 g/mol. The van der Waals surface area contributed by atoms with Crippen LogP contribution in [-0.2, 0) is 16.6 Å². The highest BCUT2D eigenvalue weighted by molar-refractivity contribution is 7.89. The molecule has 0 bridgehead atoms. The summed E-state index contributed by atoms with van der Waals surface area (Å²) >= 11 is 0. The van der Waals surface area contributed by atoms with E-state index in [1.807, 2.05) is 0 Å². The second-order valence-electron chi connectivity index (χ2n) is 4.72. The Hall–Kier alpha value is -0.890. The molecule has 19 heavy (non-hydrogen) atoms. The molecule has 1 saturated heterocycles. The molecule has 1 aromatic heterocycles. The third-order valence-corrected chi connectivity index (χ3v) is 4.58. The van der Waals surface area contributed by atoms with Crippen LogP contribution in [0.2, 0.25) is 0 Å². The molecule has 0 amide bonds. The molecule has 1 fully saturated rings. The average Bonchev–Trinajstić information content (AvgIpc) is 3.05. The fourth-order valence-electron chi connectivity index (χ4n) is 2.20. The van der Waals surface area contributed by atoms with Crippen molar-refractivity contribution in [3.05, 3.63) is 17.9 Å². The van der Waals surface area contributed by atoms with Gasteiger partial charge in [0.2, 0.25) is 5.09 Å². The van der Waals surface area contributed by atoms with E-state index in [4.69, 9.17) is 10.2 Å². The SMILES string of the molecule is NCc1ccc(S(=O)(=O)NCCCN2CCCC2)o1. The number of nitrogens with one attached hydrogen (secondary N) is 1. The van der Waals surface area contributed by atoms with Crippen LogP contribution in [0.3, 0.4) is 0 Å². The Morgan fingerprint density at radius 3 is 2.68 bits per heavy atom. The van der Waals surface area contributed by atoms with Crippen molar-refractivity contribution in [2.45, 2.75) is 30.9 Å². The van der Waals surface area contributed by atoms with E-state index in [2.05, 4.69) is 9.62 Å². The normalized spacial score (nSPS) is 17.1. The van der Waals surface area contributed by atoms with Gasteiger partial charge in [-0.05, 0) is 51.0 Å². The van der Waals surface area contributed by atoms with Gasteiger partial charge in [0, 0.05) is 6.54 Å². The van der Waals surface area contributed by atoms with Gasteiger partial charge in [0.1, 0.15) is 5.76 Å². The summed E-state index contributed by atoms with van der Waals surface area (Å²) in [6.45, 7) is 3.83. The highest BCUT2D eigenvalue weighted by Crippen LogP contribution is 2.13. The number of nitrogens with zero attached hydrogens (tertiary/aromatic N) is 1. The molecule has 2 rings (SSSR count). The van der Waals surface area contributed by atoms with Crippen LogP contribution in [0.25, 0.3) is 0 Å². The first-order valence-electron chi connectivity index (χ1n) is 6.62. The zero-order valence-electron chi connectivity index (χ0n) is 11.0. The molecule has 0 atom stereocenters. The lowest BCUT2D eigenvalue weighted by atomic mass is 10.4. The number of rotatable bonds is 7. The van der Waals surface area contributed by atoms with E-state index < -0.39 is 10.0 Å². The van der Waals surface area contributed by atoms with Gasteiger partial charge in [-0.15, -0.1) is 0 Å². The third kappa shape index (κ3) is 4.04. The largest absolute Gasteiger partial charge is 0.447 e. The van der Waals surface area contributed by atoms with Crippen LogP contribution >= 0.6 is 0 Å². The summed E-state index contributed by atoms with van der Waals surface area (Å²) in [6.07, 6.45) is 3.31. The number of hydrogen-bond donors (Lipinski definition) is 2. The lowest BCUT2D eigenvalue weighted by molar-refractivity contribution is 0.334. The Morgan fingerprint density at radius 2 is 2.05 bits per heavy atom. The predicted molar refractivity (Wildman–Crippen MR) is 72.1 cm³/mol. The molecule has 0 aliphatic carbocycles. The molecule has 6 nitrogen and oxygen atoms in total. The molecule has 1 aliphatic rings. The van der Waals surface area contributed by atoms with Gasteiger partial charge in [0.15, 0.2) is 0 Å². The van der Waals surface area contributed by atoms with E-state index in [9.17, 15) is 8.42 Å². The van der Waals surface area contributed by atoms with Crippen molar-refractivity contribution in [3.8, 4) is 0 Å². The van der Waals surface area contributed by atoms with Gasteiger partial charge in [0.05, 0.1) is 6.54 Å². The summed E-state index contributed by atoms with van der Waals surface area (Å²) in [5.41, 5.74) is 5.38. The maximum Gasteiger partial charge on any atom is 0.273 e. The number of furan rings is 1. The third-order valence-electron chi connectivity index (χ3n) is 3.24. The van der Waals surface area contributed by atoms with Crippen LogP contribution in [0.5, 0.6) is 0 Å². The van der Waals surface area contributed by atoms with E-state index in [-0.39, 0.29) is 11.6 Å². The summed E-state index contributed by atoms with van der Waals surface area (Å²) in [5.74, 6) is 0.470. The highest BCUT2D eigenvalue weighted by Gasteiger charge is 2.18. The lowest BCUT2D eigenvalue weighted by Gasteiger charge is -2.13. The van der Waals surface area contributed by atoms with Crippen molar-refractivity contribution in [1.82, 2.24) is 9.62 Å². The quantitative estimate of drug-likeness (QED) is 0.713. The number of hydrogen-bond acceptors (Lipinski definition) is 5. The summed E-state index contributed by atoms with van der Waals surface area (Å²) in [5, 5.41) is -0.0610. The number of likely N-dealkylation sites (tertiary alicyclic amines) is 1. The second kappa shape index (κ2) is 6.51. The fourth-order valence-corrected chi connectivity index (χ4v) is 3.22. The van der Waals surface area contributed by atoms with Crippen molar-refractivity contribution in [3.63, 3.8) is 0 Å². The number of sulfonamides is 1. The monoisotopic (exact) mass is 287 g/mol. The van der Waals surface area contributed by atoms with E-state index in [0.717, 1.165) is 26.1 Å². The molecule has 0 aromatic carbocycles. The van der Waals surface area contributed by atoms with Crippen molar-refractivity contribution in [1.29, 1.82) is 0 Å². The van der Waals surface area contributed by atoms with Crippen LogP contribution in [0.15, 0.2) is 21.6 Å². The van der Waals surface area contributed by atoms with Gasteiger partial charge < -0.3 is 15.1 Å². The van der Waals surface area contributed by atoms with Crippen LogP contribution in [0, 0.1) is 0 Å². The van der Waals surface area contributed by atoms with E-state index in [1.165, 1.54) is 18.9 Å². The minimum absolute atomic E-state index is 0.0610. The molecule has 0 saturated carbocycles. The summed E-state index contributed by atoms with van der Waals surface area (Å²) in [6, 6.07) is 3.02. The Bertz CT molecular complexity index is 492. The zero-order chi connectivity index (χ0) is 13.7. The van der Waals surface area contributed by atoms with Crippen molar-refractivity contribution < 1.29 is 12.8 Å². The van der Waals surface area contributed by atoms with Gasteiger partial charge in [-0.25, -0.2) is 13.1 Å². The van der Waals surface area contributed by atoms with Crippen LogP contribution < -0.4 is 10.5 Å². The molecule has 0 spiro atoms. The van der Waals surface area contributed by atoms with E-state index >= 15 is 0 Å². The summed E-state index contributed by atoms with van der Waals surface area (Å²) in [7, 11) is -3.54. The minimum Gasteiger partial charge on any atom is -0.447 e. The molecule has 1 aliphatic heterocycles. The lowest BCUT2D eigenvalue weighted by Crippen LogP contribution is -2.28. The molecule has 2 heterocycles. The molecular formula is C12H21N3O3S. The maximum absolute atomic E-state index is 11.9. The first-order chi connectivity index (χ1) is 9.12. The Labute approximate surface area is 114 Å².